The van der Waals surface area contributed by atoms with Crippen LogP contribution in [0.4, 0.5) is 15.6 Å². The minimum atomic E-state index is -0.609. The van der Waals surface area contributed by atoms with E-state index in [0.29, 0.717) is 39.0 Å². The van der Waals surface area contributed by atoms with Crippen LogP contribution in [0, 0.1) is 0 Å². The van der Waals surface area contributed by atoms with Crippen LogP contribution in [0.1, 0.15) is 10.4 Å². The van der Waals surface area contributed by atoms with Crippen molar-refractivity contribution in [3.8, 4) is 17.2 Å². The number of rotatable bonds is 6. The molecule has 4 rings (SSSR count). The third-order valence-electron chi connectivity index (χ3n) is 4.69. The van der Waals surface area contributed by atoms with Crippen LogP contribution in [0.3, 0.4) is 0 Å². The first-order chi connectivity index (χ1) is 15.5. The fourth-order valence-corrected chi connectivity index (χ4v) is 3.56. The molecule has 0 saturated heterocycles. The summed E-state index contributed by atoms with van der Waals surface area (Å²) in [5.74, 6) is 0.786. The van der Waals surface area contributed by atoms with Crippen LogP contribution in [0.15, 0.2) is 60.2 Å². The fraction of sp³-hybridized carbons (Fsp3) is 0.0909. The molecule has 0 fully saturated rings. The SMILES string of the molecule is COc1cc2nccc(Oc3ccc(N(C)C(=O)Nc4nccs4)cc3)c2cc1C(N)=O. The molecule has 0 aliphatic rings. The van der Waals surface area contributed by atoms with E-state index in [0.717, 1.165) is 0 Å². The Hall–Kier alpha value is -4.18. The van der Waals surface area contributed by atoms with E-state index in [4.69, 9.17) is 15.2 Å². The lowest BCUT2D eigenvalue weighted by atomic mass is 10.1. The van der Waals surface area contributed by atoms with Gasteiger partial charge in [0.15, 0.2) is 5.13 Å². The van der Waals surface area contributed by atoms with Crippen LogP contribution in [0.2, 0.25) is 0 Å². The van der Waals surface area contributed by atoms with Crippen LogP contribution in [0.5, 0.6) is 17.2 Å². The van der Waals surface area contributed by atoms with Crippen molar-refractivity contribution in [3.05, 3.63) is 65.8 Å². The molecule has 3 amide bonds. The molecule has 0 unspecified atom stereocenters. The van der Waals surface area contributed by atoms with E-state index in [-0.39, 0.29) is 11.6 Å². The number of carbonyl (C=O) groups is 2. The summed E-state index contributed by atoms with van der Waals surface area (Å²) in [6.07, 6.45) is 3.23. The fourth-order valence-electron chi connectivity index (χ4n) is 3.04. The van der Waals surface area contributed by atoms with Crippen molar-refractivity contribution in [1.82, 2.24) is 9.97 Å². The lowest BCUT2D eigenvalue weighted by molar-refractivity contribution is 0.0997. The second-order valence-electron chi connectivity index (χ2n) is 6.67. The summed E-state index contributed by atoms with van der Waals surface area (Å²) >= 11 is 1.34. The van der Waals surface area contributed by atoms with Gasteiger partial charge in [0, 0.05) is 42.0 Å². The predicted octanol–water partition coefficient (Wildman–Crippen LogP) is 4.26. The number of pyridine rings is 1. The van der Waals surface area contributed by atoms with E-state index in [1.54, 1.807) is 67.3 Å². The topological polar surface area (TPSA) is 120 Å². The molecule has 9 nitrogen and oxygen atoms in total. The second kappa shape index (κ2) is 8.90. The monoisotopic (exact) mass is 449 g/mol. The van der Waals surface area contributed by atoms with Gasteiger partial charge in [0.05, 0.1) is 18.2 Å². The first-order valence-corrected chi connectivity index (χ1v) is 10.3. The molecular weight excluding hydrogens is 430 g/mol. The number of thiazole rings is 1. The van der Waals surface area contributed by atoms with Gasteiger partial charge >= 0.3 is 6.03 Å². The van der Waals surface area contributed by atoms with Crippen LogP contribution in [-0.4, -0.2) is 36.1 Å². The Bertz CT molecular complexity index is 1280. The Morgan fingerprint density at radius 2 is 1.84 bits per heavy atom. The van der Waals surface area contributed by atoms with Crippen molar-refractivity contribution in [2.24, 2.45) is 5.73 Å². The highest BCUT2D eigenvalue weighted by molar-refractivity contribution is 7.13. The van der Waals surface area contributed by atoms with Gasteiger partial charge in [-0.15, -0.1) is 11.3 Å². The van der Waals surface area contributed by atoms with E-state index in [1.807, 2.05) is 0 Å². The number of urea groups is 1. The first-order valence-electron chi connectivity index (χ1n) is 9.45. The maximum atomic E-state index is 12.4. The van der Waals surface area contributed by atoms with Gasteiger partial charge in [-0.3, -0.25) is 20.0 Å². The number of fused-ring (bicyclic) bond motifs is 1. The van der Waals surface area contributed by atoms with E-state index in [9.17, 15) is 9.59 Å². The number of amides is 3. The first kappa shape index (κ1) is 21.1. The van der Waals surface area contributed by atoms with Gasteiger partial charge in [0.2, 0.25) is 0 Å². The summed E-state index contributed by atoms with van der Waals surface area (Å²) in [6, 6.07) is 11.6. The minimum absolute atomic E-state index is 0.237. The maximum Gasteiger partial charge on any atom is 0.327 e. The summed E-state index contributed by atoms with van der Waals surface area (Å²) in [5.41, 5.74) is 6.98. The molecule has 0 spiro atoms. The molecule has 2 aromatic carbocycles. The van der Waals surface area contributed by atoms with Crippen LogP contribution < -0.4 is 25.4 Å². The summed E-state index contributed by atoms with van der Waals surface area (Å²) in [5, 5.41) is 5.65. The van der Waals surface area contributed by atoms with Crippen LogP contribution in [0.25, 0.3) is 10.9 Å². The van der Waals surface area contributed by atoms with E-state index < -0.39 is 5.91 Å². The lowest BCUT2D eigenvalue weighted by Gasteiger charge is -2.17. The summed E-state index contributed by atoms with van der Waals surface area (Å²) in [7, 11) is 3.12. The molecule has 0 saturated carbocycles. The summed E-state index contributed by atoms with van der Waals surface area (Å²) in [4.78, 5) is 34.0. The van der Waals surface area contributed by atoms with Gasteiger partial charge in [-0.25, -0.2) is 9.78 Å². The van der Waals surface area contributed by atoms with Crippen molar-refractivity contribution in [2.45, 2.75) is 0 Å². The zero-order chi connectivity index (χ0) is 22.7. The molecule has 0 radical (unpaired) electrons. The Morgan fingerprint density at radius 1 is 1.06 bits per heavy atom. The number of carbonyl (C=O) groups excluding carboxylic acids is 2. The molecule has 32 heavy (non-hydrogen) atoms. The van der Waals surface area contributed by atoms with E-state index in [2.05, 4.69) is 15.3 Å². The molecule has 162 valence electrons. The van der Waals surface area contributed by atoms with Crippen molar-refractivity contribution >= 4 is 45.0 Å². The average Bonchev–Trinajstić information content (AvgIpc) is 3.31. The zero-order valence-corrected chi connectivity index (χ0v) is 18.1. The van der Waals surface area contributed by atoms with Crippen molar-refractivity contribution in [2.75, 3.05) is 24.4 Å². The molecule has 10 heteroatoms. The van der Waals surface area contributed by atoms with Crippen molar-refractivity contribution in [1.29, 1.82) is 0 Å². The standard InChI is InChI=1S/C22H19N5O4S/c1-27(22(29)26-21-25-9-10-32-21)13-3-5-14(6-4-13)31-18-7-8-24-17-12-19(30-2)16(20(23)28)11-15(17)18/h3-12H,1-2H3,(H2,23,28)(H,25,26,29). The Balaban J connectivity index is 1.56. The molecular formula is C22H19N5O4S. The number of nitrogens with two attached hydrogens (primary N) is 1. The highest BCUT2D eigenvalue weighted by Crippen LogP contribution is 2.33. The molecule has 3 N–H and O–H groups in total. The van der Waals surface area contributed by atoms with Gasteiger partial charge in [-0.05, 0) is 36.4 Å². The van der Waals surface area contributed by atoms with E-state index in [1.165, 1.54) is 23.3 Å². The summed E-state index contributed by atoms with van der Waals surface area (Å²) in [6.45, 7) is 0. The largest absolute Gasteiger partial charge is 0.496 e. The van der Waals surface area contributed by atoms with Gasteiger partial charge in [-0.2, -0.15) is 0 Å². The highest BCUT2D eigenvalue weighted by Gasteiger charge is 2.15. The predicted molar refractivity (Wildman–Crippen MR) is 123 cm³/mol. The molecule has 2 aromatic heterocycles. The van der Waals surface area contributed by atoms with E-state index >= 15 is 0 Å². The number of nitrogens with zero attached hydrogens (tertiary/aromatic N) is 3. The molecule has 0 bridgehead atoms. The van der Waals surface area contributed by atoms with Gasteiger partial charge in [0.25, 0.3) is 5.91 Å². The van der Waals surface area contributed by atoms with Gasteiger partial charge in [-0.1, -0.05) is 0 Å². The smallest absolute Gasteiger partial charge is 0.327 e. The summed E-state index contributed by atoms with van der Waals surface area (Å²) < 4.78 is 11.3. The van der Waals surface area contributed by atoms with Crippen molar-refractivity contribution in [3.63, 3.8) is 0 Å². The second-order valence-corrected chi connectivity index (χ2v) is 7.56. The average molecular weight is 449 g/mol. The number of primary amides is 1. The normalized spacial score (nSPS) is 10.6. The molecule has 4 aromatic rings. The third-order valence-corrected chi connectivity index (χ3v) is 5.38. The Labute approximate surface area is 187 Å². The van der Waals surface area contributed by atoms with Gasteiger partial charge < -0.3 is 15.2 Å². The number of methoxy groups -OCH3 is 1. The number of anilines is 2. The van der Waals surface area contributed by atoms with Crippen molar-refractivity contribution < 1.29 is 19.1 Å². The third kappa shape index (κ3) is 4.30. The maximum absolute atomic E-state index is 12.4. The number of benzene rings is 2. The quantitative estimate of drug-likeness (QED) is 0.454. The number of aromatic nitrogens is 2. The van der Waals surface area contributed by atoms with Crippen LogP contribution >= 0.6 is 11.3 Å². The highest BCUT2D eigenvalue weighted by atomic mass is 32.1. The lowest BCUT2D eigenvalue weighted by Crippen LogP contribution is -2.30. The molecule has 0 aliphatic carbocycles. The number of ether oxygens (including phenoxy) is 2. The Morgan fingerprint density at radius 3 is 2.50 bits per heavy atom. The zero-order valence-electron chi connectivity index (χ0n) is 17.2. The van der Waals surface area contributed by atoms with Crippen LogP contribution in [-0.2, 0) is 0 Å². The minimum Gasteiger partial charge on any atom is -0.496 e. The molecule has 0 aliphatic heterocycles. The number of hydrogen-bond acceptors (Lipinski definition) is 7. The van der Waals surface area contributed by atoms with Gasteiger partial charge in [0.1, 0.15) is 17.2 Å². The number of nitrogens with one attached hydrogen (secondary N) is 1. The number of hydrogen-bond donors (Lipinski definition) is 2. The molecule has 0 atom stereocenters. The Kier molecular flexibility index (Phi) is 5.86. The molecule has 2 heterocycles.